The Balaban J connectivity index is 1.82. The van der Waals surface area contributed by atoms with Crippen LogP contribution in [0.15, 0.2) is 48.5 Å². The second kappa shape index (κ2) is 11.5. The van der Waals surface area contributed by atoms with Crippen molar-refractivity contribution in [2.24, 2.45) is 0 Å². The highest BCUT2D eigenvalue weighted by molar-refractivity contribution is 5.99. The Labute approximate surface area is 169 Å². The van der Waals surface area contributed by atoms with Gasteiger partial charge in [0.25, 0.3) is 11.8 Å². The van der Waals surface area contributed by atoms with E-state index in [4.69, 9.17) is 9.47 Å². The summed E-state index contributed by atoms with van der Waals surface area (Å²) in [5.41, 5.74) is 6.04. The molecule has 0 fully saturated rings. The molecule has 2 aromatic rings. The number of ether oxygens (including phenoxy) is 2. The highest BCUT2D eigenvalue weighted by Crippen LogP contribution is 2.12. The Morgan fingerprint density at radius 2 is 1.34 bits per heavy atom. The maximum Gasteiger partial charge on any atom is 0.269 e. The smallest absolute Gasteiger partial charge is 0.269 e. The number of amides is 3. The molecular weight excluding hydrogens is 374 g/mol. The monoisotopic (exact) mass is 399 g/mol. The molecular formula is C21H25N3O5. The molecule has 0 bridgehead atoms. The lowest BCUT2D eigenvalue weighted by Crippen LogP contribution is -2.41. The average Bonchev–Trinajstić information content (AvgIpc) is 2.75. The minimum Gasteiger partial charge on any atom is -0.491 e. The molecule has 8 nitrogen and oxygen atoms in total. The van der Waals surface area contributed by atoms with Crippen LogP contribution in [0.3, 0.4) is 0 Å². The minimum absolute atomic E-state index is 0.111. The zero-order valence-electron chi connectivity index (χ0n) is 16.5. The molecule has 2 rings (SSSR count). The lowest BCUT2D eigenvalue weighted by molar-refractivity contribution is -0.115. The lowest BCUT2D eigenvalue weighted by atomic mass is 10.2. The van der Waals surface area contributed by atoms with Crippen LogP contribution < -0.4 is 20.9 Å². The summed E-state index contributed by atoms with van der Waals surface area (Å²) in [5, 5.41) is 2.70. The van der Waals surface area contributed by atoms with Crippen molar-refractivity contribution in [2.75, 3.05) is 25.1 Å². The first kappa shape index (κ1) is 21.9. The number of carbonyl (C=O) groups excluding carboxylic acids is 3. The van der Waals surface area contributed by atoms with E-state index in [1.54, 1.807) is 55.5 Å². The van der Waals surface area contributed by atoms with Gasteiger partial charge < -0.3 is 14.8 Å². The van der Waals surface area contributed by atoms with Gasteiger partial charge in [0.15, 0.2) is 0 Å². The average molecular weight is 399 g/mol. The van der Waals surface area contributed by atoms with E-state index in [1.165, 1.54) is 0 Å². The molecule has 0 aliphatic carbocycles. The van der Waals surface area contributed by atoms with Crippen molar-refractivity contribution < 1.29 is 23.9 Å². The van der Waals surface area contributed by atoms with Gasteiger partial charge in [-0.15, -0.1) is 0 Å². The van der Waals surface area contributed by atoms with Crippen LogP contribution in [-0.4, -0.2) is 37.5 Å². The first-order valence-corrected chi connectivity index (χ1v) is 9.34. The number of hydrogen-bond acceptors (Lipinski definition) is 5. The van der Waals surface area contributed by atoms with Crippen molar-refractivity contribution in [1.82, 2.24) is 10.9 Å². The summed E-state index contributed by atoms with van der Waals surface area (Å²) in [6, 6.07) is 12.9. The quantitative estimate of drug-likeness (QED) is 0.444. The van der Waals surface area contributed by atoms with Gasteiger partial charge in [-0.3, -0.25) is 25.2 Å². The van der Waals surface area contributed by atoms with Gasteiger partial charge >= 0.3 is 0 Å². The Kier molecular flexibility index (Phi) is 8.65. The summed E-state index contributed by atoms with van der Waals surface area (Å²) < 4.78 is 10.7. The van der Waals surface area contributed by atoms with Crippen LogP contribution in [0.4, 0.5) is 5.69 Å². The highest BCUT2D eigenvalue weighted by Gasteiger charge is 2.10. The molecule has 3 amide bonds. The Bertz CT molecular complexity index is 819. The van der Waals surface area contributed by atoms with E-state index < -0.39 is 11.8 Å². The van der Waals surface area contributed by atoms with Crippen LogP contribution >= 0.6 is 0 Å². The van der Waals surface area contributed by atoms with Crippen LogP contribution in [0.25, 0.3) is 0 Å². The fourth-order valence-corrected chi connectivity index (χ4v) is 2.28. The molecule has 0 radical (unpaired) electrons. The van der Waals surface area contributed by atoms with Gasteiger partial charge in [0.2, 0.25) is 5.91 Å². The summed E-state index contributed by atoms with van der Waals surface area (Å²) in [5.74, 6) is -0.408. The Hall–Kier alpha value is -3.39. The molecule has 0 atom stereocenters. The largest absolute Gasteiger partial charge is 0.491 e. The number of rotatable bonds is 9. The number of benzene rings is 2. The molecule has 3 N–H and O–H groups in total. The number of hydrogen-bond donors (Lipinski definition) is 3. The van der Waals surface area contributed by atoms with Crippen molar-refractivity contribution in [2.45, 2.75) is 20.3 Å². The van der Waals surface area contributed by atoms with Gasteiger partial charge in [0.1, 0.15) is 12.4 Å². The fraction of sp³-hybridized carbons (Fsp3) is 0.286. The molecule has 8 heteroatoms. The number of carbonyl (C=O) groups is 3. The first-order valence-electron chi connectivity index (χ1n) is 9.34. The third-order valence-electron chi connectivity index (χ3n) is 3.86. The molecule has 0 aliphatic heterocycles. The normalized spacial score (nSPS) is 10.1. The standard InChI is InChI=1S/C21H25N3O5/c1-3-19(25)22-17-9-5-15(6-10-17)20(26)23-24-21(27)16-7-11-18(12-8-16)29-14-13-28-4-2/h5-12H,3-4,13-14H2,1-2H3,(H,22,25)(H,23,26)(H,24,27). The zero-order valence-corrected chi connectivity index (χ0v) is 16.5. The molecule has 154 valence electrons. The predicted molar refractivity (Wildman–Crippen MR) is 109 cm³/mol. The third-order valence-corrected chi connectivity index (χ3v) is 3.86. The van der Waals surface area contributed by atoms with E-state index >= 15 is 0 Å². The molecule has 0 heterocycles. The Morgan fingerprint density at radius 1 is 0.793 bits per heavy atom. The van der Waals surface area contributed by atoms with Crippen LogP contribution in [0.5, 0.6) is 5.75 Å². The molecule has 2 aromatic carbocycles. The molecule has 0 unspecified atom stereocenters. The number of hydrazine groups is 1. The summed E-state index contributed by atoms with van der Waals surface area (Å²) in [7, 11) is 0. The second-order valence-corrected chi connectivity index (χ2v) is 5.96. The Morgan fingerprint density at radius 3 is 1.86 bits per heavy atom. The minimum atomic E-state index is -0.470. The van der Waals surface area contributed by atoms with Gasteiger partial charge in [-0.25, -0.2) is 0 Å². The van der Waals surface area contributed by atoms with Crippen LogP contribution in [0, 0.1) is 0 Å². The van der Waals surface area contributed by atoms with Gasteiger partial charge in [0, 0.05) is 29.8 Å². The van der Waals surface area contributed by atoms with Crippen molar-refractivity contribution in [3.63, 3.8) is 0 Å². The molecule has 0 saturated carbocycles. The van der Waals surface area contributed by atoms with Crippen molar-refractivity contribution >= 4 is 23.4 Å². The van der Waals surface area contributed by atoms with Crippen LogP contribution in [0.2, 0.25) is 0 Å². The first-order chi connectivity index (χ1) is 14.0. The molecule has 29 heavy (non-hydrogen) atoms. The zero-order chi connectivity index (χ0) is 21.1. The van der Waals surface area contributed by atoms with E-state index in [2.05, 4.69) is 16.2 Å². The molecule has 0 aliphatic rings. The van der Waals surface area contributed by atoms with Crippen molar-refractivity contribution in [1.29, 1.82) is 0 Å². The van der Waals surface area contributed by atoms with E-state index in [0.29, 0.717) is 48.8 Å². The number of nitrogens with one attached hydrogen (secondary N) is 3. The summed E-state index contributed by atoms with van der Waals surface area (Å²) in [6.45, 7) is 5.22. The molecule has 0 spiro atoms. The van der Waals surface area contributed by atoms with Crippen LogP contribution in [0.1, 0.15) is 41.0 Å². The van der Waals surface area contributed by atoms with Crippen molar-refractivity contribution in [3.05, 3.63) is 59.7 Å². The van der Waals surface area contributed by atoms with Gasteiger partial charge in [-0.1, -0.05) is 6.92 Å². The van der Waals surface area contributed by atoms with Gasteiger partial charge in [-0.05, 0) is 55.5 Å². The van der Waals surface area contributed by atoms with E-state index in [-0.39, 0.29) is 5.91 Å². The molecule has 0 saturated heterocycles. The number of anilines is 1. The summed E-state index contributed by atoms with van der Waals surface area (Å²) >= 11 is 0. The van der Waals surface area contributed by atoms with Gasteiger partial charge in [-0.2, -0.15) is 0 Å². The van der Waals surface area contributed by atoms with Crippen molar-refractivity contribution in [3.8, 4) is 5.75 Å². The summed E-state index contributed by atoms with van der Waals surface area (Å²) in [6.07, 6.45) is 0.370. The maximum absolute atomic E-state index is 12.2. The maximum atomic E-state index is 12.2. The third kappa shape index (κ3) is 7.27. The summed E-state index contributed by atoms with van der Waals surface area (Å²) in [4.78, 5) is 35.7. The SMILES string of the molecule is CCOCCOc1ccc(C(=O)NNC(=O)c2ccc(NC(=O)CC)cc2)cc1. The van der Waals surface area contributed by atoms with E-state index in [0.717, 1.165) is 0 Å². The van der Waals surface area contributed by atoms with Crippen LogP contribution in [-0.2, 0) is 9.53 Å². The molecule has 0 aromatic heterocycles. The topological polar surface area (TPSA) is 106 Å². The van der Waals surface area contributed by atoms with Gasteiger partial charge in [0.05, 0.1) is 6.61 Å². The van der Waals surface area contributed by atoms with E-state index in [1.807, 2.05) is 6.92 Å². The van der Waals surface area contributed by atoms with E-state index in [9.17, 15) is 14.4 Å². The second-order valence-electron chi connectivity index (χ2n) is 5.96. The highest BCUT2D eigenvalue weighted by atomic mass is 16.5. The fourth-order valence-electron chi connectivity index (χ4n) is 2.28. The predicted octanol–water partition coefficient (Wildman–Crippen LogP) is 2.53. The lowest BCUT2D eigenvalue weighted by Gasteiger charge is -2.09.